The predicted octanol–water partition coefficient (Wildman–Crippen LogP) is 23.3. The third kappa shape index (κ3) is 17.3. The number of nitrogens with one attached hydrogen (secondary N) is 1. The second kappa shape index (κ2) is 37.9. The fourth-order valence-corrected chi connectivity index (χ4v) is 26.7. The number of imide groups is 1. The number of halogens is 16. The minimum atomic E-state index is -3.66. The Labute approximate surface area is 745 Å². The lowest BCUT2D eigenvalue weighted by Crippen LogP contribution is -3.03. The minimum absolute atomic E-state index is 0.00384. The molecule has 7 fully saturated rings. The summed E-state index contributed by atoms with van der Waals surface area (Å²) >= 11 is 108. The van der Waals surface area contributed by atoms with Crippen LogP contribution in [0.3, 0.4) is 0 Å². The molecule has 12 rings (SSSR count). The zero-order valence-electron chi connectivity index (χ0n) is 63.0. The van der Waals surface area contributed by atoms with Crippen LogP contribution < -0.4 is 19.0 Å². The molecule has 624 valence electrons. The Balaban J connectivity index is 0.000000213. The monoisotopic (exact) mass is 1980 g/mol. The molecular formula is C70H77Cl16N4O18P3S2. The number of esters is 2. The molecule has 4 bridgehead atoms. The van der Waals surface area contributed by atoms with Crippen molar-refractivity contribution in [1.29, 1.82) is 0 Å². The van der Waals surface area contributed by atoms with Gasteiger partial charge >= 0.3 is 40.3 Å². The maximum Gasteiger partial charge on any atom is 0.529 e. The molecule has 5 aromatic carbocycles. The molecule has 113 heavy (non-hydrogen) atoms. The summed E-state index contributed by atoms with van der Waals surface area (Å²) in [6, 6.07) is 28.1. The van der Waals surface area contributed by atoms with Gasteiger partial charge < -0.3 is 32.7 Å². The Morgan fingerprint density at radius 2 is 1.22 bits per heavy atom. The zero-order chi connectivity index (χ0) is 86.0. The Kier molecular flexibility index (Phi) is 33.5. The van der Waals surface area contributed by atoms with E-state index in [0.29, 0.717) is 44.7 Å². The molecule has 7 unspecified atom stereocenters. The number of rotatable bonds is 23. The van der Waals surface area contributed by atoms with Crippen molar-refractivity contribution in [2.75, 3.05) is 73.4 Å². The Morgan fingerprint density at radius 1 is 0.699 bits per heavy atom. The number of hydrogen-bond acceptors (Lipinski definition) is 21. The van der Waals surface area contributed by atoms with Crippen LogP contribution in [-0.4, -0.2) is 158 Å². The van der Waals surface area contributed by atoms with E-state index in [-0.39, 0.29) is 33.5 Å². The molecule has 22 nitrogen and oxygen atoms in total. The number of aryl methyl sites for hydroxylation is 1. The van der Waals surface area contributed by atoms with Crippen LogP contribution in [-0.2, 0) is 86.9 Å². The quantitative estimate of drug-likeness (QED) is 0.00609. The number of amides is 2. The number of cyclic esters (lactones) is 1. The molecule has 6 saturated carbocycles. The maximum absolute atomic E-state index is 12.8. The first-order chi connectivity index (χ1) is 52.1. The van der Waals surface area contributed by atoms with Crippen LogP contribution in [0.2, 0.25) is 30.1 Å². The number of phosphoric ester groups is 1. The average molecular weight is 1990 g/mol. The van der Waals surface area contributed by atoms with Crippen LogP contribution in [0.4, 0.5) is 16.2 Å². The molecule has 6 aliphatic carbocycles. The SMILES string of the molecule is CCOC(=O)C1(C)OC(=O)N(c2cc(Cl)cc(Cl)c2)C1=O.CCOP(=S)(OCC)Oc1ccc(SC)c(Cl)c1Cl.CNP(=O)(OC)Oc1ccc(C(C)(C)C)cc1Cl.COP(=O)(OC)O/C(C)=C/C(=O)OC(C)c1ccccc1.Cc1cc(Cl)ccc1N=CN(C)C.O=C1C2(Cl)C3(Cl)C4(Cl)C(Cl)(Cl)C5(Cl)C3(Cl)C1(Cl)C5(Cl)C24Cl. The predicted molar refractivity (Wildman–Crippen MR) is 460 cm³/mol. The summed E-state index contributed by atoms with van der Waals surface area (Å²) < 4.78 is 77.3. The zero-order valence-corrected chi connectivity index (χ0v) is 79.4. The first-order valence-corrected chi connectivity index (χ1v) is 45.9. The van der Waals surface area contributed by atoms with E-state index in [1.165, 1.54) is 72.2 Å². The second-order valence-corrected chi connectivity index (χ2v) is 41.9. The number of carbonyl (C=O) groups excluding carboxylic acids is 5. The molecule has 7 atom stereocenters. The van der Waals surface area contributed by atoms with Gasteiger partial charge in [0.1, 0.15) is 57.6 Å². The number of Topliss-reactive ketones (excluding diaryl/α,β-unsaturated/α-hetero) is 1. The third-order valence-corrected chi connectivity index (χ3v) is 34.9. The van der Waals surface area contributed by atoms with Gasteiger partial charge in [-0.05, 0) is 145 Å². The number of aliphatic imine (C=N–C) groups is 1. The lowest BCUT2D eigenvalue weighted by molar-refractivity contribution is -0.164. The summed E-state index contributed by atoms with van der Waals surface area (Å²) in [5, 5.41) is 4.91. The van der Waals surface area contributed by atoms with E-state index < -0.39 is 107 Å². The van der Waals surface area contributed by atoms with Crippen molar-refractivity contribution in [3.05, 3.63) is 156 Å². The number of hydrogen-bond donors (Lipinski definition) is 1. The van der Waals surface area contributed by atoms with Crippen LogP contribution in [0.1, 0.15) is 85.1 Å². The summed E-state index contributed by atoms with van der Waals surface area (Å²) in [4.78, 5) is 53.6. The number of benzene rings is 5. The molecule has 0 aromatic heterocycles. The van der Waals surface area contributed by atoms with Gasteiger partial charge in [-0.2, -0.15) is 0 Å². The molecule has 2 amide bonds. The fraction of sp³-hybridized carbons (Fsp3) is 0.457. The van der Waals surface area contributed by atoms with E-state index in [2.05, 4.69) is 39.9 Å². The lowest BCUT2D eigenvalue weighted by atomic mass is 9.41. The van der Waals surface area contributed by atoms with Gasteiger partial charge in [-0.25, -0.2) is 38.5 Å². The molecule has 0 spiro atoms. The molecule has 1 heterocycles. The topological polar surface area (TPSA) is 252 Å². The highest BCUT2D eigenvalue weighted by atomic mass is 35.5. The summed E-state index contributed by atoms with van der Waals surface area (Å²) in [6.07, 6.45) is 3.39. The maximum atomic E-state index is 12.8. The van der Waals surface area contributed by atoms with E-state index in [1.54, 1.807) is 32.3 Å². The highest BCUT2D eigenvalue weighted by Gasteiger charge is 3.31. The van der Waals surface area contributed by atoms with Crippen molar-refractivity contribution in [3.8, 4) is 11.5 Å². The van der Waals surface area contributed by atoms with Gasteiger partial charge in [0.05, 0.1) is 53.7 Å². The van der Waals surface area contributed by atoms with Crippen molar-refractivity contribution in [3.63, 3.8) is 0 Å². The van der Waals surface area contributed by atoms with Gasteiger partial charge in [0, 0.05) is 67.2 Å². The van der Waals surface area contributed by atoms with Crippen LogP contribution in [0, 0.1) is 6.92 Å². The first-order valence-electron chi connectivity index (χ1n) is 33.0. The van der Waals surface area contributed by atoms with Gasteiger partial charge in [0.2, 0.25) is 0 Å². The minimum Gasteiger partial charge on any atom is -0.463 e. The Hall–Kier alpha value is -1.88. The standard InChI is InChI=1S/C14H19O6P.C13H11Cl2NO5.C12H19ClNO3P.C11H15Cl2O3PS2.C10Cl10O.C10H13ClN2/c1-11(20-21(16,17-3)18-4)10-14(15)19-12(2)13-8-6-5-7-9-13;1-3-20-11(18)13(2)10(17)16(12(19)21-13)9-5-7(14)4-8(15)6-9;1-12(2,3)9-6-7-11(10(13)8-9)17-18(15,14-4)16-5;1-4-14-17(18,15-5-2)16-8-6-7-9(19-3)11(13)10(8)12;11-2-1(21)3(12)6(15)4(2,13)8(17)5(2,14)7(3,16)9(6,18)10(8,19)20;1-8-6-9(11)4-5-10(8)12-7-13(2)3/h5-10,12H,1-4H3;4-6H,3H2,1-2H3;6-8H,1-5H3,(H,14,15);6-7H,4-5H2,1-3H3;;4-7H,1-3H3/b11-10+;;;;;. The van der Waals surface area contributed by atoms with Crippen molar-refractivity contribution < 1.29 is 83.5 Å². The Morgan fingerprint density at radius 3 is 1.66 bits per heavy atom. The average Bonchev–Trinajstić information content (AvgIpc) is 1.32. The van der Waals surface area contributed by atoms with Crippen molar-refractivity contribution >= 4 is 279 Å². The molecule has 5 aromatic rings. The lowest BCUT2D eigenvalue weighted by Gasteiger charge is -2.80. The van der Waals surface area contributed by atoms with E-state index in [1.807, 2.05) is 113 Å². The number of carbonyl (C=O) groups is 5. The molecular weight excluding hydrogens is 1910 g/mol. The van der Waals surface area contributed by atoms with Crippen LogP contribution >= 0.6 is 220 Å². The normalized spacial score (nSPS) is 27.2. The van der Waals surface area contributed by atoms with E-state index in [9.17, 15) is 33.1 Å². The molecule has 1 N–H and O–H groups in total. The number of ketones is 1. The third-order valence-electron chi connectivity index (χ3n) is 17.8. The number of thioether (sulfide) groups is 1. The number of anilines is 1. The van der Waals surface area contributed by atoms with Crippen molar-refractivity contribution in [2.45, 2.75) is 135 Å². The van der Waals surface area contributed by atoms with Gasteiger partial charge in [-0.15, -0.1) is 105 Å². The van der Waals surface area contributed by atoms with Gasteiger partial charge in [0.25, 0.3) is 11.5 Å². The van der Waals surface area contributed by atoms with Crippen molar-refractivity contribution in [1.82, 2.24) is 9.99 Å². The molecule has 0 radical (unpaired) electrons. The van der Waals surface area contributed by atoms with Crippen LogP contribution in [0.15, 0.2) is 119 Å². The Bertz CT molecular complexity index is 4520. The first kappa shape index (κ1) is 99.9. The molecule has 1 aliphatic heterocycles. The summed E-state index contributed by atoms with van der Waals surface area (Å²) in [5.41, 5.74) is 2.10. The van der Waals surface area contributed by atoms with Crippen molar-refractivity contribution in [2.24, 2.45) is 4.99 Å². The van der Waals surface area contributed by atoms with Gasteiger partial charge in [0.15, 0.2) is 19.9 Å². The van der Waals surface area contributed by atoms with E-state index in [4.69, 9.17) is 239 Å². The highest BCUT2D eigenvalue weighted by Crippen LogP contribution is 3.10. The molecule has 7 aliphatic rings. The highest BCUT2D eigenvalue weighted by molar-refractivity contribution is 8.07. The van der Waals surface area contributed by atoms with Gasteiger partial charge in [-0.3, -0.25) is 32.2 Å². The fourth-order valence-electron chi connectivity index (χ4n) is 12.6. The van der Waals surface area contributed by atoms with Crippen LogP contribution in [0.25, 0.3) is 0 Å². The van der Waals surface area contributed by atoms with Gasteiger partial charge in [-0.1, -0.05) is 150 Å². The van der Waals surface area contributed by atoms with E-state index >= 15 is 0 Å². The largest absolute Gasteiger partial charge is 0.529 e. The number of phosphoric acid groups is 1. The van der Waals surface area contributed by atoms with E-state index in [0.717, 1.165) is 38.4 Å². The smallest absolute Gasteiger partial charge is 0.463 e. The second-order valence-electron chi connectivity index (χ2n) is 26.0. The number of nitrogens with zero attached hydrogens (tertiary/aromatic N) is 3. The molecule has 43 heteroatoms. The number of ether oxygens (including phenoxy) is 3. The number of alkyl halides is 10. The molecule has 1 saturated heterocycles. The number of allylic oxidation sites excluding steroid dienone is 1. The summed E-state index contributed by atoms with van der Waals surface area (Å²) in [5.74, 6) is -2.29. The summed E-state index contributed by atoms with van der Waals surface area (Å²) in [7, 11) is 2.09. The summed E-state index contributed by atoms with van der Waals surface area (Å²) in [6.45, 7) is 15.9. The van der Waals surface area contributed by atoms with Crippen LogP contribution in [0.5, 0.6) is 11.5 Å².